The Balaban J connectivity index is 2.95. The van der Waals surface area contributed by atoms with Gasteiger partial charge in [-0.3, -0.25) is 4.79 Å². The second-order valence-electron chi connectivity index (χ2n) is 4.65. The summed E-state index contributed by atoms with van der Waals surface area (Å²) in [5.41, 5.74) is -0.607. The fraction of sp³-hybridized carbons (Fsp3) is 0.778. The minimum absolute atomic E-state index is 0.0319. The molecule has 1 atom stereocenters. The zero-order valence-corrected chi connectivity index (χ0v) is 8.84. The molecular weight excluding hydrogens is 227 g/mol. The van der Waals surface area contributed by atoms with E-state index in [9.17, 15) is 22.8 Å². The van der Waals surface area contributed by atoms with Crippen molar-refractivity contribution in [2.75, 3.05) is 6.54 Å². The van der Waals surface area contributed by atoms with E-state index in [2.05, 4.69) is 0 Å². The number of hydrogen-bond donors (Lipinski definition) is 1. The van der Waals surface area contributed by atoms with Crippen LogP contribution in [-0.2, 0) is 9.59 Å². The molecule has 0 aromatic carbocycles. The van der Waals surface area contributed by atoms with Crippen molar-refractivity contribution in [2.24, 2.45) is 5.41 Å². The molecule has 0 saturated carbocycles. The van der Waals surface area contributed by atoms with E-state index < -0.39 is 29.5 Å². The number of alkyl halides is 3. The van der Waals surface area contributed by atoms with Crippen LogP contribution in [0.5, 0.6) is 0 Å². The van der Waals surface area contributed by atoms with Gasteiger partial charge in [-0.15, -0.1) is 0 Å². The van der Waals surface area contributed by atoms with Gasteiger partial charge in [0.15, 0.2) is 0 Å². The van der Waals surface area contributed by atoms with Crippen LogP contribution in [0, 0.1) is 5.41 Å². The first-order chi connectivity index (χ1) is 7.04. The second-order valence-corrected chi connectivity index (χ2v) is 4.65. The monoisotopic (exact) mass is 239 g/mol. The summed E-state index contributed by atoms with van der Waals surface area (Å²) >= 11 is 0. The lowest BCUT2D eigenvalue weighted by Gasteiger charge is -2.23. The third-order valence-electron chi connectivity index (χ3n) is 2.51. The molecule has 4 nitrogen and oxygen atoms in total. The van der Waals surface area contributed by atoms with Crippen molar-refractivity contribution in [2.45, 2.75) is 32.5 Å². The summed E-state index contributed by atoms with van der Waals surface area (Å²) in [6, 6.07) is -1.39. The average molecular weight is 239 g/mol. The number of hydrogen-bond acceptors (Lipinski definition) is 2. The smallest absolute Gasteiger partial charge is 0.471 e. The highest BCUT2D eigenvalue weighted by Crippen LogP contribution is 2.36. The van der Waals surface area contributed by atoms with Gasteiger partial charge in [-0.05, 0) is 11.8 Å². The van der Waals surface area contributed by atoms with E-state index in [1.807, 2.05) is 0 Å². The Kier molecular flexibility index (Phi) is 2.91. The quantitative estimate of drug-likeness (QED) is 0.749. The minimum atomic E-state index is -5.02. The summed E-state index contributed by atoms with van der Waals surface area (Å²) in [4.78, 5) is 22.2. The number of amides is 1. The molecule has 1 fully saturated rings. The molecule has 92 valence electrons. The Morgan fingerprint density at radius 3 is 2.25 bits per heavy atom. The van der Waals surface area contributed by atoms with Crippen molar-refractivity contribution in [3.63, 3.8) is 0 Å². The van der Waals surface area contributed by atoms with Gasteiger partial charge >= 0.3 is 18.1 Å². The molecule has 0 aromatic heterocycles. The van der Waals surface area contributed by atoms with Gasteiger partial charge in [-0.25, -0.2) is 4.79 Å². The Bertz CT molecular complexity index is 324. The topological polar surface area (TPSA) is 57.6 Å². The second kappa shape index (κ2) is 3.64. The fourth-order valence-corrected chi connectivity index (χ4v) is 1.87. The minimum Gasteiger partial charge on any atom is -0.480 e. The van der Waals surface area contributed by atoms with Crippen molar-refractivity contribution in [3.8, 4) is 0 Å². The molecule has 0 unspecified atom stereocenters. The highest BCUT2D eigenvalue weighted by atomic mass is 19.4. The van der Waals surface area contributed by atoms with Crippen LogP contribution in [0.1, 0.15) is 20.3 Å². The molecule has 0 bridgehead atoms. The number of carbonyl (C=O) groups excluding carboxylic acids is 1. The average Bonchev–Trinajstić information content (AvgIpc) is 2.38. The maximum atomic E-state index is 12.2. The van der Waals surface area contributed by atoms with E-state index in [-0.39, 0.29) is 13.0 Å². The third-order valence-corrected chi connectivity index (χ3v) is 2.51. The molecule has 1 amide bonds. The van der Waals surface area contributed by atoms with E-state index >= 15 is 0 Å². The van der Waals surface area contributed by atoms with E-state index in [0.29, 0.717) is 4.90 Å². The van der Waals surface area contributed by atoms with Crippen LogP contribution in [0.4, 0.5) is 13.2 Å². The molecular formula is C9H12F3NO3. The van der Waals surface area contributed by atoms with Gasteiger partial charge in [-0.1, -0.05) is 13.8 Å². The third kappa shape index (κ3) is 2.45. The zero-order chi connectivity index (χ0) is 12.7. The van der Waals surface area contributed by atoms with Crippen molar-refractivity contribution >= 4 is 11.9 Å². The highest BCUT2D eigenvalue weighted by Gasteiger charge is 2.51. The van der Waals surface area contributed by atoms with Gasteiger partial charge < -0.3 is 10.0 Å². The summed E-state index contributed by atoms with van der Waals surface area (Å²) in [7, 11) is 0. The van der Waals surface area contributed by atoms with Gasteiger partial charge in [0.05, 0.1) is 0 Å². The van der Waals surface area contributed by atoms with Gasteiger partial charge in [0.25, 0.3) is 0 Å². The Labute approximate surface area is 90.0 Å². The number of halogens is 3. The Morgan fingerprint density at radius 2 is 1.88 bits per heavy atom. The molecule has 0 aliphatic carbocycles. The van der Waals surface area contributed by atoms with E-state index in [1.54, 1.807) is 13.8 Å². The number of carbonyl (C=O) groups is 2. The molecule has 1 saturated heterocycles. The number of likely N-dealkylation sites (tertiary alicyclic amines) is 1. The molecule has 16 heavy (non-hydrogen) atoms. The normalized spacial score (nSPS) is 24.6. The molecule has 1 aliphatic heterocycles. The molecule has 1 heterocycles. The molecule has 0 radical (unpaired) electrons. The molecule has 0 aromatic rings. The predicted molar refractivity (Wildman–Crippen MR) is 47.6 cm³/mol. The lowest BCUT2D eigenvalue weighted by Crippen LogP contribution is -2.47. The van der Waals surface area contributed by atoms with Crippen molar-refractivity contribution in [1.82, 2.24) is 4.90 Å². The van der Waals surface area contributed by atoms with Crippen LogP contribution in [0.2, 0.25) is 0 Å². The van der Waals surface area contributed by atoms with Gasteiger partial charge in [0, 0.05) is 6.54 Å². The Morgan fingerprint density at radius 1 is 1.38 bits per heavy atom. The van der Waals surface area contributed by atoms with E-state index in [1.165, 1.54) is 0 Å². The van der Waals surface area contributed by atoms with Crippen LogP contribution < -0.4 is 0 Å². The number of aliphatic carboxylic acids is 1. The first-order valence-corrected chi connectivity index (χ1v) is 4.65. The maximum absolute atomic E-state index is 12.2. The van der Waals surface area contributed by atoms with Crippen LogP contribution in [0.3, 0.4) is 0 Å². The van der Waals surface area contributed by atoms with Crippen molar-refractivity contribution < 1.29 is 27.9 Å². The molecule has 0 spiro atoms. The van der Waals surface area contributed by atoms with Crippen LogP contribution >= 0.6 is 0 Å². The predicted octanol–water partition coefficient (Wildman–Crippen LogP) is 1.26. The molecule has 7 heteroatoms. The molecule has 1 N–H and O–H groups in total. The zero-order valence-electron chi connectivity index (χ0n) is 8.84. The maximum Gasteiger partial charge on any atom is 0.471 e. The summed E-state index contributed by atoms with van der Waals surface area (Å²) in [5.74, 6) is -3.48. The Hall–Kier alpha value is -1.27. The number of carboxylic acid groups (broad SMARTS) is 1. The van der Waals surface area contributed by atoms with Gasteiger partial charge in [-0.2, -0.15) is 13.2 Å². The van der Waals surface area contributed by atoms with E-state index in [4.69, 9.17) is 5.11 Å². The summed E-state index contributed by atoms with van der Waals surface area (Å²) in [5, 5.41) is 8.77. The van der Waals surface area contributed by atoms with E-state index in [0.717, 1.165) is 0 Å². The van der Waals surface area contributed by atoms with Crippen molar-refractivity contribution in [1.29, 1.82) is 0 Å². The van der Waals surface area contributed by atoms with Crippen LogP contribution in [0.15, 0.2) is 0 Å². The summed E-state index contributed by atoms with van der Waals surface area (Å²) < 4.78 is 36.6. The SMILES string of the molecule is CC1(C)C[C@H](C(=O)O)N(C(=O)C(F)(F)F)C1. The number of rotatable bonds is 1. The first kappa shape index (κ1) is 12.8. The lowest BCUT2D eigenvalue weighted by atomic mass is 9.91. The van der Waals surface area contributed by atoms with Gasteiger partial charge in [0.1, 0.15) is 6.04 Å². The van der Waals surface area contributed by atoms with Crippen LogP contribution in [0.25, 0.3) is 0 Å². The van der Waals surface area contributed by atoms with Crippen molar-refractivity contribution in [3.05, 3.63) is 0 Å². The number of nitrogens with zero attached hydrogens (tertiary/aromatic N) is 1. The molecule has 1 aliphatic rings. The molecule has 1 rings (SSSR count). The number of carboxylic acids is 1. The standard InChI is InChI=1S/C9H12F3NO3/c1-8(2)3-5(6(14)15)13(4-8)7(16)9(10,11)12/h5H,3-4H2,1-2H3,(H,14,15)/t5-/m1/s1. The lowest BCUT2D eigenvalue weighted by molar-refractivity contribution is -0.188. The largest absolute Gasteiger partial charge is 0.480 e. The first-order valence-electron chi connectivity index (χ1n) is 4.65. The highest BCUT2D eigenvalue weighted by molar-refractivity contribution is 5.87. The van der Waals surface area contributed by atoms with Gasteiger partial charge in [0.2, 0.25) is 0 Å². The summed E-state index contributed by atoms with van der Waals surface area (Å²) in [6.45, 7) is 3.07. The van der Waals surface area contributed by atoms with Crippen LogP contribution in [-0.4, -0.2) is 40.6 Å². The summed E-state index contributed by atoms with van der Waals surface area (Å²) in [6.07, 6.45) is -4.99. The fourth-order valence-electron chi connectivity index (χ4n) is 1.87.